The van der Waals surface area contributed by atoms with Gasteiger partial charge in [-0.2, -0.15) is 5.10 Å². The standard InChI is InChI=1S/C11H15BrN2/c12-11-8-9-14(13-11)10-6-4-2-1-3-5-7-10/h4,6,8-10H,1-3,5,7H2/b6-4-. The number of aromatic nitrogens is 2. The fraction of sp³-hybridized carbons (Fsp3) is 0.545. The molecule has 1 unspecified atom stereocenters. The summed E-state index contributed by atoms with van der Waals surface area (Å²) in [4.78, 5) is 0. The van der Waals surface area contributed by atoms with Gasteiger partial charge in [0.15, 0.2) is 0 Å². The number of hydrogen-bond donors (Lipinski definition) is 0. The Morgan fingerprint density at radius 3 is 3.07 bits per heavy atom. The van der Waals surface area contributed by atoms with Crippen LogP contribution in [-0.2, 0) is 0 Å². The average Bonchev–Trinajstić information content (AvgIpc) is 2.51. The molecule has 0 saturated heterocycles. The SMILES string of the molecule is Brc1ccn(C2/C=C\CCCCC2)n1. The number of rotatable bonds is 1. The molecule has 1 aliphatic carbocycles. The smallest absolute Gasteiger partial charge is 0.128 e. The normalized spacial score (nSPS) is 25.4. The highest BCUT2D eigenvalue weighted by Crippen LogP contribution is 2.21. The fourth-order valence-corrected chi connectivity index (χ4v) is 2.16. The lowest BCUT2D eigenvalue weighted by Gasteiger charge is -2.15. The van der Waals surface area contributed by atoms with Gasteiger partial charge in [-0.25, -0.2) is 0 Å². The molecule has 0 fully saturated rings. The van der Waals surface area contributed by atoms with Crippen molar-refractivity contribution in [3.05, 3.63) is 29.0 Å². The topological polar surface area (TPSA) is 17.8 Å². The summed E-state index contributed by atoms with van der Waals surface area (Å²) in [7, 11) is 0. The highest BCUT2D eigenvalue weighted by molar-refractivity contribution is 9.10. The van der Waals surface area contributed by atoms with Gasteiger partial charge in [-0.05, 0) is 41.3 Å². The van der Waals surface area contributed by atoms with E-state index >= 15 is 0 Å². The van der Waals surface area contributed by atoms with Crippen LogP contribution in [0.5, 0.6) is 0 Å². The molecule has 76 valence electrons. The van der Waals surface area contributed by atoms with Crippen LogP contribution < -0.4 is 0 Å². The van der Waals surface area contributed by atoms with Crippen LogP contribution in [0.1, 0.15) is 38.1 Å². The van der Waals surface area contributed by atoms with Crippen molar-refractivity contribution in [2.45, 2.75) is 38.1 Å². The van der Waals surface area contributed by atoms with Crippen molar-refractivity contribution in [2.24, 2.45) is 0 Å². The van der Waals surface area contributed by atoms with E-state index in [2.05, 4.69) is 33.2 Å². The molecule has 2 nitrogen and oxygen atoms in total. The van der Waals surface area contributed by atoms with Gasteiger partial charge >= 0.3 is 0 Å². The van der Waals surface area contributed by atoms with Gasteiger partial charge in [0.25, 0.3) is 0 Å². The maximum atomic E-state index is 4.39. The number of hydrogen-bond acceptors (Lipinski definition) is 1. The lowest BCUT2D eigenvalue weighted by atomic mass is 10.0. The first-order valence-corrected chi connectivity index (χ1v) is 6.03. The second kappa shape index (κ2) is 4.78. The van der Waals surface area contributed by atoms with Crippen LogP contribution in [0.25, 0.3) is 0 Å². The Morgan fingerprint density at radius 2 is 2.29 bits per heavy atom. The largest absolute Gasteiger partial charge is 0.265 e. The molecular formula is C11H15BrN2. The molecule has 0 bridgehead atoms. The molecular weight excluding hydrogens is 240 g/mol. The van der Waals surface area contributed by atoms with Gasteiger partial charge < -0.3 is 0 Å². The summed E-state index contributed by atoms with van der Waals surface area (Å²) in [5.74, 6) is 0. The fourth-order valence-electron chi connectivity index (χ4n) is 1.86. The predicted octanol–water partition coefficient (Wildman–Crippen LogP) is 3.71. The lowest BCUT2D eigenvalue weighted by Crippen LogP contribution is -2.08. The van der Waals surface area contributed by atoms with Crippen molar-refractivity contribution in [3.8, 4) is 0 Å². The third kappa shape index (κ3) is 2.47. The molecule has 0 spiro atoms. The van der Waals surface area contributed by atoms with Crippen LogP contribution in [0.2, 0.25) is 0 Å². The number of nitrogens with zero attached hydrogens (tertiary/aromatic N) is 2. The van der Waals surface area contributed by atoms with Crippen molar-refractivity contribution in [3.63, 3.8) is 0 Å². The van der Waals surface area contributed by atoms with E-state index in [0.717, 1.165) is 4.60 Å². The van der Waals surface area contributed by atoms with E-state index < -0.39 is 0 Å². The summed E-state index contributed by atoms with van der Waals surface area (Å²) < 4.78 is 2.97. The quantitative estimate of drug-likeness (QED) is 0.699. The highest BCUT2D eigenvalue weighted by Gasteiger charge is 2.09. The minimum absolute atomic E-state index is 0.460. The third-order valence-electron chi connectivity index (χ3n) is 2.64. The van der Waals surface area contributed by atoms with Gasteiger partial charge in [-0.3, -0.25) is 4.68 Å². The summed E-state index contributed by atoms with van der Waals surface area (Å²) in [6, 6.07) is 2.45. The van der Waals surface area contributed by atoms with Gasteiger partial charge in [-0.15, -0.1) is 0 Å². The Bertz CT molecular complexity index is 317. The molecule has 0 amide bonds. The van der Waals surface area contributed by atoms with Gasteiger partial charge in [0.05, 0.1) is 6.04 Å². The van der Waals surface area contributed by atoms with Crippen LogP contribution in [0, 0.1) is 0 Å². The van der Waals surface area contributed by atoms with Crippen molar-refractivity contribution in [1.29, 1.82) is 0 Å². The first-order valence-electron chi connectivity index (χ1n) is 5.23. The van der Waals surface area contributed by atoms with Gasteiger partial charge in [0.2, 0.25) is 0 Å². The highest BCUT2D eigenvalue weighted by atomic mass is 79.9. The third-order valence-corrected chi connectivity index (χ3v) is 3.07. The summed E-state index contributed by atoms with van der Waals surface area (Å²) >= 11 is 3.38. The zero-order valence-electron chi connectivity index (χ0n) is 8.19. The molecule has 1 atom stereocenters. The predicted molar refractivity (Wildman–Crippen MR) is 61.2 cm³/mol. The van der Waals surface area contributed by atoms with Gasteiger partial charge in [-0.1, -0.05) is 25.0 Å². The van der Waals surface area contributed by atoms with Crippen LogP contribution in [0.4, 0.5) is 0 Å². The molecule has 0 radical (unpaired) electrons. The lowest BCUT2D eigenvalue weighted by molar-refractivity contribution is 0.464. The molecule has 0 N–H and O–H groups in total. The van der Waals surface area contributed by atoms with Crippen LogP contribution in [-0.4, -0.2) is 9.78 Å². The minimum Gasteiger partial charge on any atom is -0.265 e. The van der Waals surface area contributed by atoms with Gasteiger partial charge in [0.1, 0.15) is 4.60 Å². The molecule has 1 aromatic rings. The summed E-state index contributed by atoms with van der Waals surface area (Å²) in [6.07, 6.45) is 13.1. The van der Waals surface area contributed by atoms with E-state index in [0.29, 0.717) is 6.04 Å². The second-order valence-corrected chi connectivity index (χ2v) is 4.56. The second-order valence-electron chi connectivity index (χ2n) is 3.75. The number of halogens is 1. The first-order chi connectivity index (χ1) is 6.86. The van der Waals surface area contributed by atoms with E-state index in [-0.39, 0.29) is 0 Å². The Labute approximate surface area is 93.1 Å². The van der Waals surface area contributed by atoms with Crippen molar-refractivity contribution in [1.82, 2.24) is 9.78 Å². The van der Waals surface area contributed by atoms with E-state index in [9.17, 15) is 0 Å². The average molecular weight is 255 g/mol. The van der Waals surface area contributed by atoms with Gasteiger partial charge in [0, 0.05) is 6.20 Å². The van der Waals surface area contributed by atoms with Crippen molar-refractivity contribution in [2.75, 3.05) is 0 Å². The molecule has 1 aromatic heterocycles. The molecule has 0 saturated carbocycles. The Balaban J connectivity index is 2.11. The summed E-state index contributed by atoms with van der Waals surface area (Å²) in [6.45, 7) is 0. The van der Waals surface area contributed by atoms with E-state index in [4.69, 9.17) is 0 Å². The molecule has 0 aromatic carbocycles. The maximum Gasteiger partial charge on any atom is 0.128 e. The molecule has 3 heteroatoms. The van der Waals surface area contributed by atoms with Crippen LogP contribution in [0.15, 0.2) is 29.0 Å². The van der Waals surface area contributed by atoms with E-state index in [1.807, 2.05) is 16.9 Å². The molecule has 1 aliphatic rings. The first kappa shape index (κ1) is 9.97. The van der Waals surface area contributed by atoms with E-state index in [1.54, 1.807) is 0 Å². The summed E-state index contributed by atoms with van der Waals surface area (Å²) in [5.41, 5.74) is 0. The number of allylic oxidation sites excluding steroid dienone is 2. The van der Waals surface area contributed by atoms with Crippen molar-refractivity contribution < 1.29 is 0 Å². The molecule has 0 aliphatic heterocycles. The minimum atomic E-state index is 0.460. The summed E-state index contributed by atoms with van der Waals surface area (Å²) in [5, 5.41) is 4.39. The Kier molecular flexibility index (Phi) is 3.40. The molecule has 1 heterocycles. The van der Waals surface area contributed by atoms with E-state index in [1.165, 1.54) is 32.1 Å². The Morgan fingerprint density at radius 1 is 1.36 bits per heavy atom. The zero-order chi connectivity index (χ0) is 9.80. The van der Waals surface area contributed by atoms with Crippen LogP contribution in [0.3, 0.4) is 0 Å². The Hall–Kier alpha value is -0.570. The molecule has 2 rings (SSSR count). The van der Waals surface area contributed by atoms with Crippen LogP contribution >= 0.6 is 15.9 Å². The zero-order valence-corrected chi connectivity index (χ0v) is 9.78. The monoisotopic (exact) mass is 254 g/mol. The van der Waals surface area contributed by atoms with Crippen molar-refractivity contribution >= 4 is 15.9 Å². The maximum absolute atomic E-state index is 4.39. The molecule has 14 heavy (non-hydrogen) atoms.